The number of aromatic nitrogens is 1. The molecule has 0 saturated carbocycles. The van der Waals surface area contributed by atoms with Gasteiger partial charge in [-0.1, -0.05) is 13.8 Å². The molecule has 2 heterocycles. The van der Waals surface area contributed by atoms with Crippen molar-refractivity contribution >= 4 is 5.82 Å². The zero-order valence-corrected chi connectivity index (χ0v) is 13.0. The van der Waals surface area contributed by atoms with Crippen LogP contribution in [0.1, 0.15) is 57.7 Å². The molecule has 0 amide bonds. The highest BCUT2D eigenvalue weighted by Crippen LogP contribution is 2.33. The van der Waals surface area contributed by atoms with Gasteiger partial charge in [0.25, 0.3) is 0 Å². The summed E-state index contributed by atoms with van der Waals surface area (Å²) in [5, 5.41) is 3.24. The summed E-state index contributed by atoms with van der Waals surface area (Å²) < 4.78 is 0. The molecule has 1 fully saturated rings. The molecular formula is C16H27N3. The molecule has 0 atom stereocenters. The van der Waals surface area contributed by atoms with Crippen molar-refractivity contribution in [1.82, 2.24) is 10.3 Å². The van der Waals surface area contributed by atoms with Crippen LogP contribution in [0.2, 0.25) is 0 Å². The lowest BCUT2D eigenvalue weighted by atomic mass is 10.0. The Labute approximate surface area is 117 Å². The Morgan fingerprint density at radius 3 is 2.63 bits per heavy atom. The molecule has 0 spiro atoms. The summed E-state index contributed by atoms with van der Waals surface area (Å²) in [6.45, 7) is 11.1. The fraction of sp³-hybridized carbons (Fsp3) is 0.688. The van der Waals surface area contributed by atoms with Gasteiger partial charge < -0.3 is 10.2 Å². The number of hydrogen-bond acceptors (Lipinski definition) is 3. The van der Waals surface area contributed by atoms with E-state index in [1.54, 1.807) is 0 Å². The molecule has 1 saturated heterocycles. The van der Waals surface area contributed by atoms with E-state index >= 15 is 0 Å². The van der Waals surface area contributed by atoms with E-state index in [9.17, 15) is 0 Å². The Balaban J connectivity index is 2.38. The van der Waals surface area contributed by atoms with Crippen LogP contribution in [0.15, 0.2) is 12.1 Å². The number of nitrogens with one attached hydrogen (secondary N) is 1. The molecule has 3 heteroatoms. The first-order valence-electron chi connectivity index (χ1n) is 7.37. The summed E-state index contributed by atoms with van der Waals surface area (Å²) in [5.74, 6) is 1.63. The SMILES string of the molecule is CNCc1cc(C(C)C)nc(N2CCCC2(C)C)c1. The van der Waals surface area contributed by atoms with Gasteiger partial charge in [0, 0.05) is 24.3 Å². The second-order valence-corrected chi connectivity index (χ2v) is 6.51. The van der Waals surface area contributed by atoms with Gasteiger partial charge in [-0.05, 0) is 57.4 Å². The summed E-state index contributed by atoms with van der Waals surface area (Å²) >= 11 is 0. The van der Waals surface area contributed by atoms with E-state index in [0.717, 1.165) is 18.9 Å². The predicted molar refractivity (Wildman–Crippen MR) is 81.7 cm³/mol. The average Bonchev–Trinajstić information content (AvgIpc) is 2.69. The molecule has 0 bridgehead atoms. The van der Waals surface area contributed by atoms with Crippen molar-refractivity contribution in [2.45, 2.75) is 58.5 Å². The van der Waals surface area contributed by atoms with Crippen molar-refractivity contribution in [3.63, 3.8) is 0 Å². The Bertz CT molecular complexity index is 438. The smallest absolute Gasteiger partial charge is 0.129 e. The third kappa shape index (κ3) is 3.08. The predicted octanol–water partition coefficient (Wildman–Crippen LogP) is 3.30. The van der Waals surface area contributed by atoms with E-state index < -0.39 is 0 Å². The van der Waals surface area contributed by atoms with Crippen molar-refractivity contribution in [1.29, 1.82) is 0 Å². The standard InChI is InChI=1S/C16H27N3/c1-12(2)14-9-13(11-17-5)10-15(18-14)19-8-6-7-16(19,3)4/h9-10,12,17H,6-8,11H2,1-5H3. The largest absolute Gasteiger partial charge is 0.351 e. The van der Waals surface area contributed by atoms with Gasteiger partial charge in [-0.2, -0.15) is 0 Å². The lowest BCUT2D eigenvalue weighted by Gasteiger charge is -2.33. The molecule has 1 aromatic rings. The monoisotopic (exact) mass is 261 g/mol. The molecule has 19 heavy (non-hydrogen) atoms. The summed E-state index contributed by atoms with van der Waals surface area (Å²) in [4.78, 5) is 7.36. The normalized spacial score (nSPS) is 18.3. The molecule has 0 radical (unpaired) electrons. The molecule has 1 aromatic heterocycles. The highest BCUT2D eigenvalue weighted by Gasteiger charge is 2.33. The minimum Gasteiger partial charge on any atom is -0.351 e. The highest BCUT2D eigenvalue weighted by molar-refractivity contribution is 5.47. The fourth-order valence-electron chi connectivity index (χ4n) is 2.87. The average molecular weight is 261 g/mol. The first-order valence-corrected chi connectivity index (χ1v) is 7.37. The molecule has 106 valence electrons. The molecule has 1 N–H and O–H groups in total. The quantitative estimate of drug-likeness (QED) is 0.901. The highest BCUT2D eigenvalue weighted by atomic mass is 15.3. The number of hydrogen-bond donors (Lipinski definition) is 1. The number of rotatable bonds is 4. The van der Waals surface area contributed by atoms with Crippen LogP contribution in [0.25, 0.3) is 0 Å². The van der Waals surface area contributed by atoms with Gasteiger partial charge in [0.15, 0.2) is 0 Å². The minimum atomic E-state index is 0.236. The van der Waals surface area contributed by atoms with Crippen LogP contribution < -0.4 is 10.2 Å². The fourth-order valence-corrected chi connectivity index (χ4v) is 2.87. The van der Waals surface area contributed by atoms with E-state index in [0.29, 0.717) is 5.92 Å². The van der Waals surface area contributed by atoms with E-state index in [2.05, 4.69) is 50.0 Å². The second kappa shape index (κ2) is 5.49. The first kappa shape index (κ1) is 14.3. The summed E-state index contributed by atoms with van der Waals surface area (Å²) in [5.41, 5.74) is 2.77. The Hall–Kier alpha value is -1.09. The zero-order valence-electron chi connectivity index (χ0n) is 13.0. The van der Waals surface area contributed by atoms with Crippen LogP contribution >= 0.6 is 0 Å². The third-order valence-corrected chi connectivity index (χ3v) is 4.04. The third-order valence-electron chi connectivity index (χ3n) is 4.04. The Morgan fingerprint density at radius 2 is 2.11 bits per heavy atom. The van der Waals surface area contributed by atoms with E-state index in [-0.39, 0.29) is 5.54 Å². The summed E-state index contributed by atoms with van der Waals surface area (Å²) in [6.07, 6.45) is 2.52. The lowest BCUT2D eigenvalue weighted by molar-refractivity contribution is 0.513. The number of nitrogens with zero attached hydrogens (tertiary/aromatic N) is 2. The van der Waals surface area contributed by atoms with Gasteiger partial charge in [-0.15, -0.1) is 0 Å². The number of pyridine rings is 1. The van der Waals surface area contributed by atoms with Crippen LogP contribution in [-0.4, -0.2) is 24.1 Å². The lowest BCUT2D eigenvalue weighted by Crippen LogP contribution is -2.38. The van der Waals surface area contributed by atoms with Crippen LogP contribution in [0.3, 0.4) is 0 Å². The van der Waals surface area contributed by atoms with Gasteiger partial charge in [0.05, 0.1) is 0 Å². The van der Waals surface area contributed by atoms with Gasteiger partial charge in [-0.3, -0.25) is 0 Å². The topological polar surface area (TPSA) is 28.2 Å². The van der Waals surface area contributed by atoms with Crippen molar-refractivity contribution in [3.05, 3.63) is 23.4 Å². The van der Waals surface area contributed by atoms with Crippen molar-refractivity contribution in [2.24, 2.45) is 0 Å². The zero-order chi connectivity index (χ0) is 14.0. The molecule has 2 rings (SSSR count). The van der Waals surface area contributed by atoms with Gasteiger partial charge in [0.2, 0.25) is 0 Å². The molecule has 0 unspecified atom stereocenters. The molecule has 0 aromatic carbocycles. The molecule has 1 aliphatic heterocycles. The summed E-state index contributed by atoms with van der Waals surface area (Å²) in [6, 6.07) is 4.48. The molecule has 1 aliphatic rings. The maximum atomic E-state index is 4.89. The van der Waals surface area contributed by atoms with Gasteiger partial charge >= 0.3 is 0 Å². The van der Waals surface area contributed by atoms with Gasteiger partial charge in [-0.25, -0.2) is 4.98 Å². The van der Waals surface area contributed by atoms with Gasteiger partial charge in [0.1, 0.15) is 5.82 Å². The number of anilines is 1. The molecule has 3 nitrogen and oxygen atoms in total. The summed E-state index contributed by atoms with van der Waals surface area (Å²) in [7, 11) is 1.99. The Kier molecular flexibility index (Phi) is 4.14. The van der Waals surface area contributed by atoms with Crippen molar-refractivity contribution in [3.8, 4) is 0 Å². The van der Waals surface area contributed by atoms with E-state index in [1.165, 1.54) is 24.1 Å². The van der Waals surface area contributed by atoms with E-state index in [1.807, 2.05) is 7.05 Å². The molecule has 0 aliphatic carbocycles. The van der Waals surface area contributed by atoms with Crippen LogP contribution in [0, 0.1) is 0 Å². The van der Waals surface area contributed by atoms with E-state index in [4.69, 9.17) is 4.98 Å². The minimum absolute atomic E-state index is 0.236. The second-order valence-electron chi connectivity index (χ2n) is 6.51. The maximum Gasteiger partial charge on any atom is 0.129 e. The van der Waals surface area contributed by atoms with Crippen molar-refractivity contribution in [2.75, 3.05) is 18.5 Å². The van der Waals surface area contributed by atoms with Crippen LogP contribution in [-0.2, 0) is 6.54 Å². The Morgan fingerprint density at radius 1 is 1.37 bits per heavy atom. The molecular weight excluding hydrogens is 234 g/mol. The van der Waals surface area contributed by atoms with Crippen molar-refractivity contribution < 1.29 is 0 Å². The van der Waals surface area contributed by atoms with Crippen LogP contribution in [0.4, 0.5) is 5.82 Å². The first-order chi connectivity index (χ1) is 8.94. The van der Waals surface area contributed by atoms with Crippen LogP contribution in [0.5, 0.6) is 0 Å². The maximum absolute atomic E-state index is 4.89.